The van der Waals surface area contributed by atoms with Gasteiger partial charge in [0.2, 0.25) is 0 Å². The van der Waals surface area contributed by atoms with Crippen LogP contribution in [-0.2, 0) is 4.79 Å². The zero-order chi connectivity index (χ0) is 10.5. The van der Waals surface area contributed by atoms with Gasteiger partial charge in [0.1, 0.15) is 5.78 Å². The number of carbonyl (C=O) groups is 1. The highest BCUT2D eigenvalue weighted by Crippen LogP contribution is 2.32. The maximum absolute atomic E-state index is 11.8. The molecule has 0 heterocycles. The maximum atomic E-state index is 11.8. The Balaban J connectivity index is 1.73. The summed E-state index contributed by atoms with van der Waals surface area (Å²) < 4.78 is 0. The highest BCUT2D eigenvalue weighted by atomic mass is 16.1. The Morgan fingerprint density at radius 1 is 0.867 bits per heavy atom. The molecule has 15 heavy (non-hydrogen) atoms. The molecule has 1 unspecified atom stereocenters. The number of Topliss-reactive ketones (excluding diaryl/α,β-unsaturated/α-hetero) is 1. The van der Waals surface area contributed by atoms with E-state index in [0.717, 1.165) is 18.8 Å². The molecule has 0 saturated heterocycles. The van der Waals surface area contributed by atoms with Crippen LogP contribution in [0.4, 0.5) is 0 Å². The molecule has 2 rings (SSSR count). The number of hydrogen-bond acceptors (Lipinski definition) is 1. The van der Waals surface area contributed by atoms with Gasteiger partial charge in [-0.15, -0.1) is 0 Å². The van der Waals surface area contributed by atoms with Crippen LogP contribution in [0.2, 0.25) is 0 Å². The predicted molar refractivity (Wildman–Crippen MR) is 62.8 cm³/mol. The van der Waals surface area contributed by atoms with Gasteiger partial charge in [0.05, 0.1) is 0 Å². The highest BCUT2D eigenvalue weighted by Gasteiger charge is 2.22. The summed E-state index contributed by atoms with van der Waals surface area (Å²) in [5, 5.41) is 0. The van der Waals surface area contributed by atoms with Crippen molar-refractivity contribution in [2.75, 3.05) is 0 Å². The molecular formula is C14H24O. The van der Waals surface area contributed by atoms with Crippen LogP contribution in [0.1, 0.15) is 70.6 Å². The zero-order valence-corrected chi connectivity index (χ0v) is 9.84. The molecule has 1 atom stereocenters. The molecule has 0 aromatic rings. The molecule has 2 fully saturated rings. The van der Waals surface area contributed by atoms with Crippen LogP contribution < -0.4 is 0 Å². The third-order valence-corrected chi connectivity index (χ3v) is 4.33. The number of hydrogen-bond donors (Lipinski definition) is 0. The van der Waals surface area contributed by atoms with Crippen molar-refractivity contribution in [1.29, 1.82) is 0 Å². The summed E-state index contributed by atoms with van der Waals surface area (Å²) in [4.78, 5) is 11.8. The number of carbonyl (C=O) groups excluding carboxylic acids is 1. The summed E-state index contributed by atoms with van der Waals surface area (Å²) in [5.74, 6) is 1.97. The third kappa shape index (κ3) is 3.32. The van der Waals surface area contributed by atoms with E-state index in [1.165, 1.54) is 57.8 Å². The molecule has 0 aromatic carbocycles. The van der Waals surface area contributed by atoms with Crippen LogP contribution in [-0.4, -0.2) is 5.78 Å². The van der Waals surface area contributed by atoms with Crippen molar-refractivity contribution >= 4 is 5.78 Å². The number of ketones is 1. The van der Waals surface area contributed by atoms with Crippen LogP contribution in [0.5, 0.6) is 0 Å². The third-order valence-electron chi connectivity index (χ3n) is 4.33. The van der Waals surface area contributed by atoms with Gasteiger partial charge in [-0.25, -0.2) is 0 Å². The van der Waals surface area contributed by atoms with Gasteiger partial charge in [-0.1, -0.05) is 38.5 Å². The highest BCUT2D eigenvalue weighted by molar-refractivity contribution is 5.81. The van der Waals surface area contributed by atoms with Gasteiger partial charge in [-0.3, -0.25) is 4.79 Å². The second kappa shape index (κ2) is 5.67. The van der Waals surface area contributed by atoms with Gasteiger partial charge in [-0.05, 0) is 31.6 Å². The van der Waals surface area contributed by atoms with Gasteiger partial charge in [0.25, 0.3) is 0 Å². The largest absolute Gasteiger partial charge is 0.299 e. The zero-order valence-electron chi connectivity index (χ0n) is 9.84. The topological polar surface area (TPSA) is 17.1 Å². The summed E-state index contributed by atoms with van der Waals surface area (Å²) in [5.41, 5.74) is 0. The van der Waals surface area contributed by atoms with Gasteiger partial charge in [0, 0.05) is 12.3 Å². The molecule has 0 bridgehead atoms. The summed E-state index contributed by atoms with van der Waals surface area (Å²) in [7, 11) is 0. The van der Waals surface area contributed by atoms with E-state index in [0.29, 0.717) is 11.7 Å². The Bertz CT molecular complexity index is 203. The van der Waals surface area contributed by atoms with E-state index in [4.69, 9.17) is 0 Å². The van der Waals surface area contributed by atoms with E-state index in [-0.39, 0.29) is 0 Å². The fourth-order valence-corrected chi connectivity index (χ4v) is 3.27. The molecule has 0 radical (unpaired) electrons. The molecule has 0 aromatic heterocycles. The Kier molecular flexibility index (Phi) is 4.22. The van der Waals surface area contributed by atoms with E-state index >= 15 is 0 Å². The summed E-state index contributed by atoms with van der Waals surface area (Å²) in [6.45, 7) is 0. The van der Waals surface area contributed by atoms with Crippen molar-refractivity contribution in [3.63, 3.8) is 0 Å². The van der Waals surface area contributed by atoms with Crippen LogP contribution >= 0.6 is 0 Å². The lowest BCUT2D eigenvalue weighted by Gasteiger charge is -2.15. The lowest BCUT2D eigenvalue weighted by molar-refractivity contribution is -0.123. The molecule has 2 aliphatic carbocycles. The minimum absolute atomic E-state index is 0.438. The van der Waals surface area contributed by atoms with Gasteiger partial charge >= 0.3 is 0 Å². The Morgan fingerprint density at radius 2 is 1.60 bits per heavy atom. The minimum atomic E-state index is 0.438. The van der Waals surface area contributed by atoms with Crippen LogP contribution in [0, 0.1) is 11.8 Å². The fraction of sp³-hybridized carbons (Fsp3) is 0.929. The van der Waals surface area contributed by atoms with Crippen LogP contribution in [0.15, 0.2) is 0 Å². The summed E-state index contributed by atoms with van der Waals surface area (Å²) in [6, 6.07) is 0. The monoisotopic (exact) mass is 208 g/mol. The number of rotatable bonds is 3. The quantitative estimate of drug-likeness (QED) is 0.638. The first kappa shape index (κ1) is 11.2. The Morgan fingerprint density at radius 3 is 2.40 bits per heavy atom. The van der Waals surface area contributed by atoms with E-state index < -0.39 is 0 Å². The van der Waals surface area contributed by atoms with Crippen molar-refractivity contribution in [1.82, 2.24) is 0 Å². The molecule has 2 aliphatic rings. The van der Waals surface area contributed by atoms with Crippen molar-refractivity contribution in [3.8, 4) is 0 Å². The van der Waals surface area contributed by atoms with E-state index in [2.05, 4.69) is 0 Å². The van der Waals surface area contributed by atoms with E-state index in [1.54, 1.807) is 0 Å². The maximum Gasteiger partial charge on any atom is 0.135 e. The van der Waals surface area contributed by atoms with E-state index in [1.807, 2.05) is 0 Å². The average molecular weight is 208 g/mol. The second-order valence-corrected chi connectivity index (χ2v) is 5.49. The molecule has 86 valence electrons. The van der Waals surface area contributed by atoms with Crippen molar-refractivity contribution in [2.45, 2.75) is 70.6 Å². The average Bonchev–Trinajstić information content (AvgIpc) is 2.67. The first-order chi connectivity index (χ1) is 7.36. The predicted octanol–water partition coefficient (Wildman–Crippen LogP) is 4.11. The molecule has 1 nitrogen and oxygen atoms in total. The lowest BCUT2D eigenvalue weighted by Crippen LogP contribution is -2.13. The molecule has 0 amide bonds. The fourth-order valence-electron chi connectivity index (χ4n) is 3.27. The smallest absolute Gasteiger partial charge is 0.135 e. The lowest BCUT2D eigenvalue weighted by atomic mass is 9.89. The minimum Gasteiger partial charge on any atom is -0.299 e. The molecular weight excluding hydrogens is 184 g/mol. The van der Waals surface area contributed by atoms with Crippen LogP contribution in [0.3, 0.4) is 0 Å². The van der Waals surface area contributed by atoms with Crippen molar-refractivity contribution < 1.29 is 4.79 Å². The second-order valence-electron chi connectivity index (χ2n) is 5.49. The first-order valence-corrected chi connectivity index (χ1v) is 6.89. The van der Waals surface area contributed by atoms with E-state index in [9.17, 15) is 4.79 Å². The van der Waals surface area contributed by atoms with Gasteiger partial charge in [0.15, 0.2) is 0 Å². The standard InChI is InChI=1S/C14H24O/c15-14-9-3-1-2-8-13(14)11-10-12-6-4-5-7-12/h12-13H,1-11H2. The molecule has 0 N–H and O–H groups in total. The van der Waals surface area contributed by atoms with Gasteiger partial charge in [-0.2, -0.15) is 0 Å². The Hall–Kier alpha value is -0.330. The molecule has 0 spiro atoms. The summed E-state index contributed by atoms with van der Waals surface area (Å²) in [6.07, 6.45) is 14.0. The molecule has 0 aliphatic heterocycles. The van der Waals surface area contributed by atoms with Crippen molar-refractivity contribution in [3.05, 3.63) is 0 Å². The molecule has 2 saturated carbocycles. The Labute approximate surface area is 93.6 Å². The van der Waals surface area contributed by atoms with Crippen molar-refractivity contribution in [2.24, 2.45) is 11.8 Å². The SMILES string of the molecule is O=C1CCCCCC1CCC1CCCC1. The summed E-state index contributed by atoms with van der Waals surface area (Å²) >= 11 is 0. The van der Waals surface area contributed by atoms with Gasteiger partial charge < -0.3 is 0 Å². The molecule has 1 heteroatoms. The normalized spacial score (nSPS) is 29.3. The first-order valence-electron chi connectivity index (χ1n) is 6.89. The van der Waals surface area contributed by atoms with Crippen LogP contribution in [0.25, 0.3) is 0 Å².